The molecule has 0 heterocycles. The van der Waals surface area contributed by atoms with Crippen molar-refractivity contribution in [2.45, 2.75) is 26.1 Å². The molecule has 0 aliphatic rings. The van der Waals surface area contributed by atoms with Gasteiger partial charge in [-0.2, -0.15) is 0 Å². The minimum absolute atomic E-state index is 0.300. The number of benzene rings is 2. The summed E-state index contributed by atoms with van der Waals surface area (Å²) in [5, 5.41) is 0. The van der Waals surface area contributed by atoms with Crippen LogP contribution in [0.1, 0.15) is 18.1 Å². The van der Waals surface area contributed by atoms with Gasteiger partial charge >= 0.3 is 8.25 Å². The number of hydrogen-bond acceptors (Lipinski definition) is 3. The zero-order valence-electron chi connectivity index (χ0n) is 11.9. The second-order valence-corrected chi connectivity index (χ2v) is 5.59. The van der Waals surface area contributed by atoms with Crippen molar-refractivity contribution in [2.24, 2.45) is 0 Å². The summed E-state index contributed by atoms with van der Waals surface area (Å²) in [6.45, 7) is 2.29. The van der Waals surface area contributed by atoms with E-state index in [0.29, 0.717) is 13.0 Å². The standard InChI is InChI=1S/C16H19O4P/c1-13(20-21(17)18)10-15-8-5-9-16(11-15)19-12-14-6-3-2-4-7-14/h2-9,11,13,21H,10,12H2,1H3,(H,17,18). The molecule has 2 aromatic carbocycles. The number of rotatable bonds is 7. The summed E-state index contributed by atoms with van der Waals surface area (Å²) in [5.41, 5.74) is 2.12. The van der Waals surface area contributed by atoms with Gasteiger partial charge in [-0.3, -0.25) is 4.57 Å². The van der Waals surface area contributed by atoms with Crippen LogP contribution in [0.3, 0.4) is 0 Å². The van der Waals surface area contributed by atoms with Crippen LogP contribution in [0, 0.1) is 0 Å². The van der Waals surface area contributed by atoms with Crippen molar-refractivity contribution in [1.29, 1.82) is 0 Å². The van der Waals surface area contributed by atoms with Gasteiger partial charge < -0.3 is 14.2 Å². The van der Waals surface area contributed by atoms with Gasteiger partial charge in [-0.15, -0.1) is 0 Å². The predicted molar refractivity (Wildman–Crippen MR) is 82.7 cm³/mol. The summed E-state index contributed by atoms with van der Waals surface area (Å²) in [4.78, 5) is 8.77. The molecule has 0 aliphatic carbocycles. The average Bonchev–Trinajstić information content (AvgIpc) is 2.46. The van der Waals surface area contributed by atoms with E-state index in [-0.39, 0.29) is 6.10 Å². The Morgan fingerprint density at radius 3 is 2.52 bits per heavy atom. The minimum Gasteiger partial charge on any atom is -0.489 e. The fourth-order valence-corrected chi connectivity index (χ4v) is 2.48. The molecule has 0 saturated carbocycles. The largest absolute Gasteiger partial charge is 0.489 e. The fourth-order valence-electron chi connectivity index (χ4n) is 2.05. The van der Waals surface area contributed by atoms with Gasteiger partial charge in [-0.05, 0) is 36.6 Å². The Hall–Kier alpha value is -1.61. The second-order valence-electron chi connectivity index (χ2n) is 4.82. The Kier molecular flexibility index (Phi) is 6.00. The molecule has 4 nitrogen and oxygen atoms in total. The lowest BCUT2D eigenvalue weighted by Gasteiger charge is -2.12. The first-order valence-corrected chi connectivity index (χ1v) is 8.05. The third-order valence-electron chi connectivity index (χ3n) is 2.97. The van der Waals surface area contributed by atoms with E-state index in [4.69, 9.17) is 14.2 Å². The van der Waals surface area contributed by atoms with Crippen LogP contribution in [0.15, 0.2) is 54.6 Å². The van der Waals surface area contributed by atoms with Crippen molar-refractivity contribution in [2.75, 3.05) is 0 Å². The Morgan fingerprint density at radius 1 is 1.10 bits per heavy atom. The Morgan fingerprint density at radius 2 is 1.81 bits per heavy atom. The number of hydrogen-bond donors (Lipinski definition) is 1. The molecular formula is C16H19O4P. The van der Waals surface area contributed by atoms with E-state index in [1.54, 1.807) is 6.92 Å². The minimum atomic E-state index is -2.89. The first kappa shape index (κ1) is 15.8. The predicted octanol–water partition coefficient (Wildman–Crippen LogP) is 3.60. The van der Waals surface area contributed by atoms with Crippen molar-refractivity contribution < 1.29 is 18.7 Å². The Labute approximate surface area is 125 Å². The number of ether oxygens (including phenoxy) is 1. The topological polar surface area (TPSA) is 55.8 Å². The van der Waals surface area contributed by atoms with Crippen LogP contribution in [0.25, 0.3) is 0 Å². The molecule has 2 rings (SSSR count). The molecule has 21 heavy (non-hydrogen) atoms. The van der Waals surface area contributed by atoms with E-state index in [9.17, 15) is 4.57 Å². The summed E-state index contributed by atoms with van der Waals surface area (Å²) < 4.78 is 21.3. The highest BCUT2D eigenvalue weighted by Gasteiger charge is 2.07. The highest BCUT2D eigenvalue weighted by Crippen LogP contribution is 2.22. The van der Waals surface area contributed by atoms with E-state index < -0.39 is 8.25 Å². The summed E-state index contributed by atoms with van der Waals surface area (Å²) in [6, 6.07) is 17.6. The van der Waals surface area contributed by atoms with Gasteiger partial charge in [0.1, 0.15) is 12.4 Å². The van der Waals surface area contributed by atoms with Gasteiger partial charge in [0.05, 0.1) is 6.10 Å². The quantitative estimate of drug-likeness (QED) is 0.794. The van der Waals surface area contributed by atoms with Gasteiger partial charge in [-0.1, -0.05) is 42.5 Å². The van der Waals surface area contributed by atoms with Crippen LogP contribution in [0.4, 0.5) is 0 Å². The van der Waals surface area contributed by atoms with Gasteiger partial charge in [-0.25, -0.2) is 0 Å². The van der Waals surface area contributed by atoms with Crippen molar-refractivity contribution in [3.63, 3.8) is 0 Å². The molecule has 0 radical (unpaired) electrons. The van der Waals surface area contributed by atoms with Crippen LogP contribution >= 0.6 is 8.25 Å². The maximum absolute atomic E-state index is 10.7. The lowest BCUT2D eigenvalue weighted by atomic mass is 10.1. The molecule has 0 amide bonds. The average molecular weight is 306 g/mol. The van der Waals surface area contributed by atoms with Crippen molar-refractivity contribution in [3.05, 3.63) is 65.7 Å². The molecular weight excluding hydrogens is 287 g/mol. The molecule has 0 aromatic heterocycles. The van der Waals surface area contributed by atoms with E-state index in [1.807, 2.05) is 54.6 Å². The molecule has 0 bridgehead atoms. The van der Waals surface area contributed by atoms with Crippen molar-refractivity contribution >= 4 is 8.25 Å². The molecule has 2 atom stereocenters. The maximum Gasteiger partial charge on any atom is 0.316 e. The first-order chi connectivity index (χ1) is 10.1. The van der Waals surface area contributed by atoms with Crippen LogP contribution in [-0.4, -0.2) is 11.0 Å². The van der Waals surface area contributed by atoms with Gasteiger partial charge in [0.25, 0.3) is 0 Å². The third-order valence-corrected chi connectivity index (χ3v) is 3.58. The van der Waals surface area contributed by atoms with Gasteiger partial charge in [0.2, 0.25) is 0 Å². The lowest BCUT2D eigenvalue weighted by Crippen LogP contribution is -2.07. The Bertz CT molecular complexity index is 586. The summed E-state index contributed by atoms with van der Waals surface area (Å²) >= 11 is 0. The zero-order valence-corrected chi connectivity index (χ0v) is 12.9. The van der Waals surface area contributed by atoms with Crippen LogP contribution in [0.5, 0.6) is 5.75 Å². The van der Waals surface area contributed by atoms with Gasteiger partial charge in [0, 0.05) is 0 Å². The molecule has 2 aromatic rings. The molecule has 0 aliphatic heterocycles. The van der Waals surface area contributed by atoms with E-state index in [2.05, 4.69) is 0 Å². The normalized spacial score (nSPS) is 13.6. The third kappa shape index (κ3) is 5.72. The summed E-state index contributed by atoms with van der Waals surface area (Å²) in [6.07, 6.45) is 0.269. The van der Waals surface area contributed by atoms with Gasteiger partial charge in [0.15, 0.2) is 0 Å². The molecule has 0 saturated heterocycles. The molecule has 5 heteroatoms. The molecule has 1 N–H and O–H groups in total. The van der Waals surface area contributed by atoms with E-state index >= 15 is 0 Å². The monoisotopic (exact) mass is 306 g/mol. The van der Waals surface area contributed by atoms with Crippen LogP contribution in [0.2, 0.25) is 0 Å². The molecule has 2 unspecified atom stereocenters. The highest BCUT2D eigenvalue weighted by atomic mass is 31.1. The zero-order chi connectivity index (χ0) is 15.1. The highest BCUT2D eigenvalue weighted by molar-refractivity contribution is 7.32. The second kappa shape index (κ2) is 7.99. The summed E-state index contributed by atoms with van der Waals surface area (Å²) in [7, 11) is -2.89. The van der Waals surface area contributed by atoms with Crippen molar-refractivity contribution in [1.82, 2.24) is 0 Å². The van der Waals surface area contributed by atoms with Crippen LogP contribution in [-0.2, 0) is 22.1 Å². The lowest BCUT2D eigenvalue weighted by molar-refractivity contribution is 0.205. The molecule has 0 spiro atoms. The Balaban J connectivity index is 1.93. The SMILES string of the molecule is CC(Cc1cccc(OCc2ccccc2)c1)O[PH](=O)O. The smallest absolute Gasteiger partial charge is 0.316 e. The molecule has 0 fully saturated rings. The molecule has 112 valence electrons. The maximum atomic E-state index is 10.7. The van der Waals surface area contributed by atoms with Crippen LogP contribution < -0.4 is 4.74 Å². The van der Waals surface area contributed by atoms with E-state index in [0.717, 1.165) is 16.9 Å². The van der Waals surface area contributed by atoms with Crippen molar-refractivity contribution in [3.8, 4) is 5.75 Å². The van der Waals surface area contributed by atoms with E-state index in [1.165, 1.54) is 0 Å². The first-order valence-electron chi connectivity index (χ1n) is 6.79. The fraction of sp³-hybridized carbons (Fsp3) is 0.250. The summed E-state index contributed by atoms with van der Waals surface area (Å²) in [5.74, 6) is 0.778.